The Hall–Kier alpha value is -0.910. The summed E-state index contributed by atoms with van der Waals surface area (Å²) >= 11 is 0. The Labute approximate surface area is 102 Å². The van der Waals surface area contributed by atoms with E-state index >= 15 is 0 Å². The molecular formula is C12H18N2O2S. The molecule has 2 N–H and O–H groups in total. The molecule has 0 aliphatic carbocycles. The molecule has 1 fully saturated rings. The summed E-state index contributed by atoms with van der Waals surface area (Å²) in [5, 5.41) is 0. The highest BCUT2D eigenvalue weighted by Gasteiger charge is 2.28. The minimum Gasteiger partial charge on any atom is -0.327 e. The van der Waals surface area contributed by atoms with Crippen molar-refractivity contribution in [2.75, 3.05) is 13.1 Å². The van der Waals surface area contributed by atoms with E-state index in [0.717, 1.165) is 18.4 Å². The van der Waals surface area contributed by atoms with Crippen molar-refractivity contribution in [2.45, 2.75) is 30.7 Å². The second kappa shape index (κ2) is 4.76. The van der Waals surface area contributed by atoms with Crippen LogP contribution < -0.4 is 5.73 Å². The maximum atomic E-state index is 12.3. The zero-order valence-electron chi connectivity index (χ0n) is 9.96. The van der Waals surface area contributed by atoms with Crippen LogP contribution in [0.25, 0.3) is 0 Å². The molecule has 0 saturated carbocycles. The first kappa shape index (κ1) is 12.5. The van der Waals surface area contributed by atoms with Crippen molar-refractivity contribution in [3.63, 3.8) is 0 Å². The van der Waals surface area contributed by atoms with Crippen LogP contribution in [0.3, 0.4) is 0 Å². The lowest BCUT2D eigenvalue weighted by Gasteiger charge is -2.29. The largest absolute Gasteiger partial charge is 0.327 e. The average Bonchev–Trinajstić information content (AvgIpc) is 2.29. The Bertz CT molecular complexity index is 482. The van der Waals surface area contributed by atoms with Gasteiger partial charge in [0.1, 0.15) is 0 Å². The molecule has 5 heteroatoms. The van der Waals surface area contributed by atoms with Crippen LogP contribution in [0.1, 0.15) is 18.4 Å². The molecule has 1 unspecified atom stereocenters. The van der Waals surface area contributed by atoms with E-state index in [0.29, 0.717) is 18.0 Å². The maximum absolute atomic E-state index is 12.3. The van der Waals surface area contributed by atoms with Gasteiger partial charge in [-0.3, -0.25) is 0 Å². The molecular weight excluding hydrogens is 236 g/mol. The zero-order valence-corrected chi connectivity index (χ0v) is 10.8. The van der Waals surface area contributed by atoms with Crippen molar-refractivity contribution >= 4 is 10.0 Å². The molecule has 94 valence electrons. The monoisotopic (exact) mass is 254 g/mol. The molecule has 1 saturated heterocycles. The fourth-order valence-corrected chi connectivity index (χ4v) is 3.59. The minimum absolute atomic E-state index is 0.0380. The molecule has 1 aromatic carbocycles. The molecule has 0 aromatic heterocycles. The van der Waals surface area contributed by atoms with Gasteiger partial charge in [-0.2, -0.15) is 4.31 Å². The fourth-order valence-electron chi connectivity index (χ4n) is 2.05. The highest BCUT2D eigenvalue weighted by molar-refractivity contribution is 7.89. The number of nitrogens with two attached hydrogens (primary N) is 1. The lowest BCUT2D eigenvalue weighted by atomic mass is 10.1. The summed E-state index contributed by atoms with van der Waals surface area (Å²) in [6, 6.07) is 6.91. The third-order valence-electron chi connectivity index (χ3n) is 3.08. The smallest absolute Gasteiger partial charge is 0.243 e. The van der Waals surface area contributed by atoms with Crippen LogP contribution >= 0.6 is 0 Å². The molecule has 2 rings (SSSR count). The molecule has 17 heavy (non-hydrogen) atoms. The van der Waals surface area contributed by atoms with E-state index in [-0.39, 0.29) is 6.04 Å². The molecule has 4 nitrogen and oxygen atoms in total. The van der Waals surface area contributed by atoms with Crippen molar-refractivity contribution < 1.29 is 8.42 Å². The quantitative estimate of drug-likeness (QED) is 0.860. The first-order chi connectivity index (χ1) is 8.00. The highest BCUT2D eigenvalue weighted by atomic mass is 32.2. The number of benzene rings is 1. The van der Waals surface area contributed by atoms with Gasteiger partial charge >= 0.3 is 0 Å². The van der Waals surface area contributed by atoms with E-state index in [1.165, 1.54) is 4.31 Å². The Morgan fingerprint density at radius 1 is 1.29 bits per heavy atom. The maximum Gasteiger partial charge on any atom is 0.243 e. The molecule has 0 spiro atoms. The Balaban J connectivity index is 2.26. The number of piperidine rings is 1. The van der Waals surface area contributed by atoms with Crippen molar-refractivity contribution in [1.82, 2.24) is 4.31 Å². The molecule has 1 heterocycles. The molecule has 0 amide bonds. The lowest BCUT2D eigenvalue weighted by Crippen LogP contribution is -2.45. The molecule has 1 aliphatic rings. The number of hydrogen-bond acceptors (Lipinski definition) is 3. The lowest BCUT2D eigenvalue weighted by molar-refractivity contribution is 0.316. The summed E-state index contributed by atoms with van der Waals surface area (Å²) < 4.78 is 26.1. The predicted octanol–water partition coefficient (Wildman–Crippen LogP) is 1.11. The van der Waals surface area contributed by atoms with Gasteiger partial charge in [0.25, 0.3) is 0 Å². The van der Waals surface area contributed by atoms with Crippen molar-refractivity contribution in [3.8, 4) is 0 Å². The van der Waals surface area contributed by atoms with Gasteiger partial charge < -0.3 is 5.73 Å². The van der Waals surface area contributed by atoms with Crippen molar-refractivity contribution in [1.29, 1.82) is 0 Å². The van der Waals surface area contributed by atoms with Gasteiger partial charge in [0.05, 0.1) is 4.90 Å². The number of hydrogen-bond donors (Lipinski definition) is 1. The number of rotatable bonds is 2. The zero-order chi connectivity index (χ0) is 12.5. The summed E-state index contributed by atoms with van der Waals surface area (Å²) in [5.41, 5.74) is 6.87. The number of nitrogens with zero attached hydrogens (tertiary/aromatic N) is 1. The summed E-state index contributed by atoms with van der Waals surface area (Å²) in [7, 11) is -3.36. The van der Waals surface area contributed by atoms with Gasteiger partial charge in [0.2, 0.25) is 10.0 Å². The Morgan fingerprint density at radius 3 is 2.53 bits per heavy atom. The summed E-state index contributed by atoms with van der Waals surface area (Å²) in [6.07, 6.45) is 1.74. The predicted molar refractivity (Wildman–Crippen MR) is 67.1 cm³/mol. The van der Waals surface area contributed by atoms with Gasteiger partial charge in [-0.25, -0.2) is 8.42 Å². The van der Waals surface area contributed by atoms with Crippen LogP contribution in [0.5, 0.6) is 0 Å². The van der Waals surface area contributed by atoms with Crippen LogP contribution in [-0.4, -0.2) is 31.9 Å². The minimum atomic E-state index is -3.36. The van der Waals surface area contributed by atoms with E-state index in [4.69, 9.17) is 5.73 Å². The average molecular weight is 254 g/mol. The van der Waals surface area contributed by atoms with Gasteiger partial charge in [-0.05, 0) is 31.9 Å². The SMILES string of the molecule is Cc1ccc(S(=O)(=O)N2CCCC(N)C2)cc1. The normalized spacial score (nSPS) is 22.6. The van der Waals surface area contributed by atoms with E-state index in [9.17, 15) is 8.42 Å². The van der Waals surface area contributed by atoms with E-state index in [2.05, 4.69) is 0 Å². The molecule has 1 aliphatic heterocycles. The van der Waals surface area contributed by atoms with Crippen molar-refractivity contribution in [2.24, 2.45) is 5.73 Å². The highest BCUT2D eigenvalue weighted by Crippen LogP contribution is 2.20. The first-order valence-corrected chi connectivity index (χ1v) is 7.26. The topological polar surface area (TPSA) is 63.4 Å². The van der Waals surface area contributed by atoms with Crippen LogP contribution in [-0.2, 0) is 10.0 Å². The summed E-state index contributed by atoms with van der Waals surface area (Å²) in [5.74, 6) is 0. The Kier molecular flexibility index (Phi) is 3.51. The third-order valence-corrected chi connectivity index (χ3v) is 4.96. The van der Waals surface area contributed by atoms with Gasteiger partial charge in [-0.1, -0.05) is 17.7 Å². The van der Waals surface area contributed by atoms with Gasteiger partial charge in [-0.15, -0.1) is 0 Å². The summed E-state index contributed by atoms with van der Waals surface area (Å²) in [6.45, 7) is 2.94. The molecule has 1 aromatic rings. The Morgan fingerprint density at radius 2 is 1.94 bits per heavy atom. The van der Waals surface area contributed by atoms with Crippen molar-refractivity contribution in [3.05, 3.63) is 29.8 Å². The second-order valence-corrected chi connectivity index (χ2v) is 6.52. The van der Waals surface area contributed by atoms with Crippen LogP contribution in [0.4, 0.5) is 0 Å². The summed E-state index contributed by atoms with van der Waals surface area (Å²) in [4.78, 5) is 0.359. The van der Waals surface area contributed by atoms with Crippen LogP contribution in [0, 0.1) is 6.92 Å². The van der Waals surface area contributed by atoms with Crippen LogP contribution in [0.2, 0.25) is 0 Å². The first-order valence-electron chi connectivity index (χ1n) is 5.82. The number of aryl methyl sites for hydroxylation is 1. The fraction of sp³-hybridized carbons (Fsp3) is 0.500. The molecule has 1 atom stereocenters. The van der Waals surface area contributed by atoms with Crippen LogP contribution in [0.15, 0.2) is 29.2 Å². The third kappa shape index (κ3) is 2.68. The van der Waals surface area contributed by atoms with Gasteiger partial charge in [0, 0.05) is 19.1 Å². The van der Waals surface area contributed by atoms with E-state index in [1.54, 1.807) is 12.1 Å². The molecule has 0 bridgehead atoms. The second-order valence-electron chi connectivity index (χ2n) is 4.58. The number of sulfonamides is 1. The molecule has 0 radical (unpaired) electrons. The van der Waals surface area contributed by atoms with Gasteiger partial charge in [0.15, 0.2) is 0 Å². The standard InChI is InChI=1S/C12H18N2O2S/c1-10-4-6-12(7-5-10)17(15,16)14-8-2-3-11(13)9-14/h4-7,11H,2-3,8-9,13H2,1H3. The van der Waals surface area contributed by atoms with E-state index in [1.807, 2.05) is 19.1 Å². The van der Waals surface area contributed by atoms with E-state index < -0.39 is 10.0 Å².